The van der Waals surface area contributed by atoms with E-state index in [1.807, 2.05) is 6.92 Å². The van der Waals surface area contributed by atoms with Crippen LogP contribution in [0.2, 0.25) is 0 Å². The first-order valence-corrected chi connectivity index (χ1v) is 6.83. The van der Waals surface area contributed by atoms with Gasteiger partial charge in [-0.05, 0) is 42.8 Å². The van der Waals surface area contributed by atoms with Gasteiger partial charge in [-0.3, -0.25) is 9.59 Å². The lowest BCUT2D eigenvalue weighted by Crippen LogP contribution is -2.29. The van der Waals surface area contributed by atoms with Crippen LogP contribution in [0.3, 0.4) is 0 Å². The van der Waals surface area contributed by atoms with Gasteiger partial charge in [-0.1, -0.05) is 15.9 Å². The van der Waals surface area contributed by atoms with Gasteiger partial charge in [0.05, 0.1) is 16.8 Å². The molecule has 0 saturated carbocycles. The van der Waals surface area contributed by atoms with Crippen LogP contribution in [-0.2, 0) is 0 Å². The van der Waals surface area contributed by atoms with E-state index in [9.17, 15) is 18.4 Å². The van der Waals surface area contributed by atoms with E-state index < -0.39 is 23.4 Å². The molecule has 2 aromatic rings. The molecule has 1 aliphatic rings. The topological polar surface area (TPSA) is 37.4 Å². The Kier molecular flexibility index (Phi) is 3.13. The molecule has 6 heteroatoms. The molecule has 0 atom stereocenters. The maximum atomic E-state index is 13.3. The molecule has 1 aliphatic heterocycles. The van der Waals surface area contributed by atoms with E-state index >= 15 is 0 Å². The van der Waals surface area contributed by atoms with Crippen molar-refractivity contribution in [1.29, 1.82) is 0 Å². The largest absolute Gasteiger partial charge is 0.268 e. The van der Waals surface area contributed by atoms with Crippen molar-refractivity contribution in [2.24, 2.45) is 0 Å². The molecule has 0 saturated heterocycles. The van der Waals surface area contributed by atoms with Gasteiger partial charge in [0, 0.05) is 4.47 Å². The third-order valence-corrected chi connectivity index (χ3v) is 4.22. The fourth-order valence-electron chi connectivity index (χ4n) is 2.24. The molecular weight excluding hydrogens is 344 g/mol. The Hall–Kier alpha value is -2.08. The molecule has 3 rings (SSSR count). The van der Waals surface area contributed by atoms with Gasteiger partial charge in [0.2, 0.25) is 0 Å². The van der Waals surface area contributed by atoms with Gasteiger partial charge >= 0.3 is 0 Å². The number of aryl methyl sites for hydroxylation is 1. The number of anilines is 1. The van der Waals surface area contributed by atoms with Gasteiger partial charge in [0.1, 0.15) is 0 Å². The van der Waals surface area contributed by atoms with Crippen molar-refractivity contribution in [1.82, 2.24) is 0 Å². The van der Waals surface area contributed by atoms with E-state index in [-0.39, 0.29) is 11.1 Å². The fourth-order valence-corrected chi connectivity index (χ4v) is 2.48. The second kappa shape index (κ2) is 4.73. The highest BCUT2D eigenvalue weighted by Crippen LogP contribution is 2.31. The molecule has 0 spiro atoms. The van der Waals surface area contributed by atoms with Crippen LogP contribution in [0.15, 0.2) is 34.8 Å². The first-order chi connectivity index (χ1) is 9.90. The normalized spacial score (nSPS) is 13.8. The van der Waals surface area contributed by atoms with Gasteiger partial charge in [-0.15, -0.1) is 0 Å². The van der Waals surface area contributed by atoms with Crippen molar-refractivity contribution in [2.45, 2.75) is 6.92 Å². The van der Waals surface area contributed by atoms with Crippen LogP contribution in [-0.4, -0.2) is 11.8 Å². The highest BCUT2D eigenvalue weighted by Gasteiger charge is 2.38. The first kappa shape index (κ1) is 13.9. The molecule has 0 aliphatic carbocycles. The SMILES string of the molecule is Cc1cc(N2C(=O)c3cc(F)c(F)cc3C2=O)ccc1Br. The monoisotopic (exact) mass is 351 g/mol. The molecule has 0 radical (unpaired) electrons. The average Bonchev–Trinajstić information content (AvgIpc) is 2.66. The Balaban J connectivity index is 2.13. The molecule has 1 heterocycles. The molecule has 0 unspecified atom stereocenters. The predicted molar refractivity (Wildman–Crippen MR) is 76.4 cm³/mol. The Labute approximate surface area is 127 Å². The summed E-state index contributed by atoms with van der Waals surface area (Å²) >= 11 is 3.33. The Bertz CT molecular complexity index is 764. The third kappa shape index (κ3) is 2.06. The second-order valence-electron chi connectivity index (χ2n) is 4.69. The number of hydrogen-bond donors (Lipinski definition) is 0. The molecule has 0 N–H and O–H groups in total. The van der Waals surface area contributed by atoms with Gasteiger partial charge in [-0.25, -0.2) is 13.7 Å². The van der Waals surface area contributed by atoms with E-state index in [1.165, 1.54) is 0 Å². The number of hydrogen-bond acceptors (Lipinski definition) is 2. The van der Waals surface area contributed by atoms with E-state index in [0.717, 1.165) is 27.1 Å². The van der Waals surface area contributed by atoms with Crippen LogP contribution >= 0.6 is 15.9 Å². The summed E-state index contributed by atoms with van der Waals surface area (Å²) in [7, 11) is 0. The minimum atomic E-state index is -1.15. The van der Waals surface area contributed by atoms with E-state index in [1.54, 1.807) is 18.2 Å². The van der Waals surface area contributed by atoms with Crippen molar-refractivity contribution in [3.63, 3.8) is 0 Å². The molecule has 21 heavy (non-hydrogen) atoms. The number of fused-ring (bicyclic) bond motifs is 1. The minimum absolute atomic E-state index is 0.125. The Morgan fingerprint density at radius 3 is 1.95 bits per heavy atom. The highest BCUT2D eigenvalue weighted by atomic mass is 79.9. The molecule has 2 aromatic carbocycles. The van der Waals surface area contributed by atoms with Crippen LogP contribution in [0.25, 0.3) is 0 Å². The Morgan fingerprint density at radius 1 is 0.952 bits per heavy atom. The lowest BCUT2D eigenvalue weighted by Gasteiger charge is -2.14. The number of carbonyl (C=O) groups is 2. The average molecular weight is 352 g/mol. The highest BCUT2D eigenvalue weighted by molar-refractivity contribution is 9.10. The summed E-state index contributed by atoms with van der Waals surface area (Å²) < 4.78 is 27.3. The number of rotatable bonds is 1. The van der Waals surface area contributed by atoms with Crippen LogP contribution in [0, 0.1) is 18.6 Å². The van der Waals surface area contributed by atoms with E-state index in [2.05, 4.69) is 15.9 Å². The van der Waals surface area contributed by atoms with E-state index in [0.29, 0.717) is 5.69 Å². The molecule has 0 aromatic heterocycles. The predicted octanol–water partition coefficient (Wildman–Crippen LogP) is 3.84. The zero-order chi connectivity index (χ0) is 15.3. The maximum Gasteiger partial charge on any atom is 0.266 e. The Morgan fingerprint density at radius 2 is 1.48 bits per heavy atom. The number of imide groups is 1. The standard InChI is InChI=1S/C15H8BrF2NO2/c1-7-4-8(2-3-11(7)16)19-14(20)9-5-12(17)13(18)6-10(9)15(19)21/h2-6H,1H3. The summed E-state index contributed by atoms with van der Waals surface area (Å²) in [5.74, 6) is -3.61. The maximum absolute atomic E-state index is 13.3. The molecule has 2 amide bonds. The summed E-state index contributed by atoms with van der Waals surface area (Å²) in [5, 5.41) is 0. The van der Waals surface area contributed by atoms with Crippen LogP contribution in [0.1, 0.15) is 26.3 Å². The third-order valence-electron chi connectivity index (χ3n) is 3.33. The summed E-state index contributed by atoms with van der Waals surface area (Å²) in [4.78, 5) is 25.5. The fraction of sp³-hybridized carbons (Fsp3) is 0.0667. The zero-order valence-corrected chi connectivity index (χ0v) is 12.4. The lowest BCUT2D eigenvalue weighted by atomic mass is 10.1. The number of carbonyl (C=O) groups excluding carboxylic acids is 2. The molecule has 106 valence electrons. The lowest BCUT2D eigenvalue weighted by molar-refractivity contribution is 0.0926. The van der Waals surface area contributed by atoms with E-state index in [4.69, 9.17) is 0 Å². The van der Waals surface area contributed by atoms with Crippen molar-refractivity contribution in [3.05, 3.63) is 63.1 Å². The number of benzene rings is 2. The number of amides is 2. The number of halogens is 3. The first-order valence-electron chi connectivity index (χ1n) is 6.04. The van der Waals surface area contributed by atoms with Gasteiger partial charge in [-0.2, -0.15) is 0 Å². The second-order valence-corrected chi connectivity index (χ2v) is 5.55. The molecule has 3 nitrogen and oxygen atoms in total. The summed E-state index contributed by atoms with van der Waals surface area (Å²) in [6, 6.07) is 6.46. The molecular formula is C15H8BrF2NO2. The molecule has 0 fully saturated rings. The van der Waals surface area contributed by atoms with Gasteiger partial charge in [0.15, 0.2) is 11.6 Å². The smallest absolute Gasteiger partial charge is 0.266 e. The van der Waals surface area contributed by atoms with Crippen molar-refractivity contribution in [3.8, 4) is 0 Å². The van der Waals surface area contributed by atoms with Crippen LogP contribution < -0.4 is 4.90 Å². The van der Waals surface area contributed by atoms with Gasteiger partial charge in [0.25, 0.3) is 11.8 Å². The number of nitrogens with zero attached hydrogens (tertiary/aromatic N) is 1. The van der Waals surface area contributed by atoms with Gasteiger partial charge < -0.3 is 0 Å². The molecule has 0 bridgehead atoms. The van der Waals surface area contributed by atoms with Crippen molar-refractivity contribution < 1.29 is 18.4 Å². The van der Waals surface area contributed by atoms with Crippen LogP contribution in [0.4, 0.5) is 14.5 Å². The quantitative estimate of drug-likeness (QED) is 0.732. The van der Waals surface area contributed by atoms with Crippen molar-refractivity contribution in [2.75, 3.05) is 4.90 Å². The summed E-state index contributed by atoms with van der Waals surface area (Å²) in [6.45, 7) is 1.81. The van der Waals surface area contributed by atoms with Crippen LogP contribution in [0.5, 0.6) is 0 Å². The summed E-state index contributed by atoms with van der Waals surface area (Å²) in [5.41, 5.74) is 0.947. The zero-order valence-electron chi connectivity index (χ0n) is 10.8. The van der Waals surface area contributed by atoms with Crippen molar-refractivity contribution >= 4 is 33.4 Å². The minimum Gasteiger partial charge on any atom is -0.268 e. The summed E-state index contributed by atoms with van der Waals surface area (Å²) in [6.07, 6.45) is 0.